The molecule has 1 aromatic heterocycles. The van der Waals surface area contributed by atoms with Crippen LogP contribution in [0.2, 0.25) is 0 Å². The SMILES string of the molecule is Nc1ncc([N+](=O)[O-])cc1C(F)F. The minimum Gasteiger partial charge on any atom is -0.383 e. The van der Waals surface area contributed by atoms with E-state index in [2.05, 4.69) is 4.98 Å². The van der Waals surface area contributed by atoms with Crippen LogP contribution in [0.5, 0.6) is 0 Å². The molecule has 70 valence electrons. The normalized spacial score (nSPS) is 10.4. The van der Waals surface area contributed by atoms with Gasteiger partial charge in [0.1, 0.15) is 12.0 Å². The van der Waals surface area contributed by atoms with Crippen molar-refractivity contribution in [2.75, 3.05) is 5.73 Å². The lowest BCUT2D eigenvalue weighted by Crippen LogP contribution is -2.00. The lowest BCUT2D eigenvalue weighted by molar-refractivity contribution is -0.385. The Bertz CT molecular complexity index is 343. The van der Waals surface area contributed by atoms with E-state index in [1.165, 1.54) is 0 Å². The van der Waals surface area contributed by atoms with E-state index < -0.39 is 22.6 Å². The maximum Gasteiger partial charge on any atom is 0.288 e. The number of aromatic nitrogens is 1. The largest absolute Gasteiger partial charge is 0.383 e. The van der Waals surface area contributed by atoms with Crippen LogP contribution in [0.1, 0.15) is 12.0 Å². The first-order chi connectivity index (χ1) is 6.02. The van der Waals surface area contributed by atoms with Crippen LogP contribution in [0.25, 0.3) is 0 Å². The van der Waals surface area contributed by atoms with Crippen LogP contribution in [0, 0.1) is 10.1 Å². The summed E-state index contributed by atoms with van der Waals surface area (Å²) in [5, 5.41) is 10.2. The number of nitro groups is 1. The molecule has 1 heterocycles. The highest BCUT2D eigenvalue weighted by Gasteiger charge is 2.17. The van der Waals surface area contributed by atoms with E-state index in [1.807, 2.05) is 0 Å². The molecule has 0 unspecified atom stereocenters. The van der Waals surface area contributed by atoms with Crippen molar-refractivity contribution in [2.45, 2.75) is 6.43 Å². The summed E-state index contributed by atoms with van der Waals surface area (Å²) in [7, 11) is 0. The fourth-order valence-electron chi connectivity index (χ4n) is 0.755. The number of rotatable bonds is 2. The summed E-state index contributed by atoms with van der Waals surface area (Å²) >= 11 is 0. The first-order valence-electron chi connectivity index (χ1n) is 3.20. The third-order valence-electron chi connectivity index (χ3n) is 1.38. The number of pyridine rings is 1. The summed E-state index contributed by atoms with van der Waals surface area (Å²) in [6, 6.07) is 0.715. The molecule has 0 radical (unpaired) electrons. The Morgan fingerprint density at radius 2 is 2.23 bits per heavy atom. The second-order valence-corrected chi connectivity index (χ2v) is 2.23. The highest BCUT2D eigenvalue weighted by Crippen LogP contribution is 2.26. The van der Waals surface area contributed by atoms with E-state index in [0.717, 1.165) is 6.20 Å². The molecular formula is C6H5F2N3O2. The molecule has 0 fully saturated rings. The molecule has 0 aliphatic heterocycles. The lowest BCUT2D eigenvalue weighted by Gasteiger charge is -2.01. The summed E-state index contributed by atoms with van der Waals surface area (Å²) in [6.45, 7) is 0. The second kappa shape index (κ2) is 3.30. The minimum absolute atomic E-state index is 0.388. The summed E-state index contributed by atoms with van der Waals surface area (Å²) in [5.74, 6) is -0.388. The molecule has 0 saturated carbocycles. The summed E-state index contributed by atoms with van der Waals surface area (Å²) < 4.78 is 24.3. The molecule has 13 heavy (non-hydrogen) atoms. The van der Waals surface area contributed by atoms with Gasteiger partial charge in [-0.3, -0.25) is 10.1 Å². The fraction of sp³-hybridized carbons (Fsp3) is 0.167. The molecule has 0 amide bonds. The molecule has 2 N–H and O–H groups in total. The van der Waals surface area contributed by atoms with Crippen molar-refractivity contribution in [3.05, 3.63) is 27.9 Å². The Morgan fingerprint density at radius 1 is 1.62 bits per heavy atom. The van der Waals surface area contributed by atoms with Gasteiger partial charge in [-0.05, 0) is 0 Å². The van der Waals surface area contributed by atoms with E-state index in [9.17, 15) is 18.9 Å². The van der Waals surface area contributed by atoms with Crippen LogP contribution in [-0.4, -0.2) is 9.91 Å². The molecule has 1 rings (SSSR count). The van der Waals surface area contributed by atoms with Crippen LogP contribution < -0.4 is 5.73 Å². The van der Waals surface area contributed by atoms with Gasteiger partial charge in [-0.15, -0.1) is 0 Å². The maximum atomic E-state index is 12.1. The van der Waals surface area contributed by atoms with Gasteiger partial charge in [-0.1, -0.05) is 0 Å². The van der Waals surface area contributed by atoms with Crippen molar-refractivity contribution in [3.8, 4) is 0 Å². The van der Waals surface area contributed by atoms with Gasteiger partial charge in [-0.2, -0.15) is 0 Å². The average molecular weight is 189 g/mol. The lowest BCUT2D eigenvalue weighted by atomic mass is 10.2. The van der Waals surface area contributed by atoms with Gasteiger partial charge in [0.25, 0.3) is 12.1 Å². The third kappa shape index (κ3) is 1.86. The molecular weight excluding hydrogens is 184 g/mol. The van der Waals surface area contributed by atoms with Gasteiger partial charge in [0, 0.05) is 6.07 Å². The molecule has 5 nitrogen and oxygen atoms in total. The first kappa shape index (κ1) is 9.30. The van der Waals surface area contributed by atoms with E-state index in [-0.39, 0.29) is 5.82 Å². The van der Waals surface area contributed by atoms with Gasteiger partial charge in [0.15, 0.2) is 0 Å². The predicted octanol–water partition coefficient (Wildman–Crippen LogP) is 1.51. The van der Waals surface area contributed by atoms with Crippen LogP contribution in [0.4, 0.5) is 20.3 Å². The highest BCUT2D eigenvalue weighted by molar-refractivity contribution is 5.46. The van der Waals surface area contributed by atoms with Gasteiger partial charge in [0.2, 0.25) is 0 Å². The Balaban J connectivity index is 3.19. The molecule has 0 aliphatic rings. The fourth-order valence-corrected chi connectivity index (χ4v) is 0.755. The van der Waals surface area contributed by atoms with E-state index in [0.29, 0.717) is 6.07 Å². The van der Waals surface area contributed by atoms with Crippen LogP contribution in [-0.2, 0) is 0 Å². The van der Waals surface area contributed by atoms with Gasteiger partial charge in [-0.25, -0.2) is 13.8 Å². The Kier molecular flexibility index (Phi) is 2.36. The number of halogens is 2. The molecule has 0 bridgehead atoms. The van der Waals surface area contributed by atoms with Crippen molar-refractivity contribution in [1.29, 1.82) is 0 Å². The monoisotopic (exact) mass is 189 g/mol. The van der Waals surface area contributed by atoms with E-state index in [4.69, 9.17) is 5.73 Å². The zero-order valence-electron chi connectivity index (χ0n) is 6.28. The molecule has 0 spiro atoms. The van der Waals surface area contributed by atoms with Gasteiger partial charge >= 0.3 is 0 Å². The van der Waals surface area contributed by atoms with Crippen molar-refractivity contribution in [3.63, 3.8) is 0 Å². The average Bonchev–Trinajstić information content (AvgIpc) is 2.04. The van der Waals surface area contributed by atoms with Crippen molar-refractivity contribution < 1.29 is 13.7 Å². The van der Waals surface area contributed by atoms with Gasteiger partial charge in [0.05, 0.1) is 10.5 Å². The van der Waals surface area contributed by atoms with E-state index in [1.54, 1.807) is 0 Å². The van der Waals surface area contributed by atoms with Crippen molar-refractivity contribution >= 4 is 11.5 Å². The number of nitrogens with zero attached hydrogens (tertiary/aromatic N) is 2. The van der Waals surface area contributed by atoms with Gasteiger partial charge < -0.3 is 5.73 Å². The van der Waals surface area contributed by atoms with E-state index >= 15 is 0 Å². The number of nitrogen functional groups attached to an aromatic ring is 1. The number of hydrogen-bond donors (Lipinski definition) is 1. The molecule has 0 aliphatic carbocycles. The molecule has 0 atom stereocenters. The maximum absolute atomic E-state index is 12.1. The summed E-state index contributed by atoms with van der Waals surface area (Å²) in [4.78, 5) is 12.6. The number of nitrogens with two attached hydrogens (primary N) is 1. The van der Waals surface area contributed by atoms with Crippen LogP contribution >= 0.6 is 0 Å². The molecule has 1 aromatic rings. The van der Waals surface area contributed by atoms with Crippen LogP contribution in [0.3, 0.4) is 0 Å². The molecule has 7 heteroatoms. The number of alkyl halides is 2. The summed E-state index contributed by atoms with van der Waals surface area (Å²) in [6.07, 6.45) is -2.02. The standard InChI is InChI=1S/C6H5F2N3O2/c7-5(8)4-1-3(11(12)13)2-10-6(4)9/h1-2,5H,(H2,9,10). The quantitative estimate of drug-likeness (QED) is 0.564. The Morgan fingerprint density at radius 3 is 2.69 bits per heavy atom. The Labute approximate surface area is 71.3 Å². The van der Waals surface area contributed by atoms with Crippen molar-refractivity contribution in [2.24, 2.45) is 0 Å². The predicted molar refractivity (Wildman–Crippen MR) is 40.3 cm³/mol. The molecule has 0 saturated heterocycles. The Hall–Kier alpha value is -1.79. The first-order valence-corrected chi connectivity index (χ1v) is 3.20. The van der Waals surface area contributed by atoms with Crippen molar-refractivity contribution in [1.82, 2.24) is 4.98 Å². The second-order valence-electron chi connectivity index (χ2n) is 2.23. The molecule has 0 aromatic carbocycles. The summed E-state index contributed by atoms with van der Waals surface area (Å²) in [5.41, 5.74) is 3.96. The number of hydrogen-bond acceptors (Lipinski definition) is 4. The smallest absolute Gasteiger partial charge is 0.288 e. The topological polar surface area (TPSA) is 82.0 Å². The van der Waals surface area contributed by atoms with Crippen LogP contribution in [0.15, 0.2) is 12.3 Å². The zero-order chi connectivity index (χ0) is 10.0. The third-order valence-corrected chi connectivity index (χ3v) is 1.38. The highest BCUT2D eigenvalue weighted by atomic mass is 19.3. The number of anilines is 1. The zero-order valence-corrected chi connectivity index (χ0v) is 6.28. The minimum atomic E-state index is -2.85.